The van der Waals surface area contributed by atoms with Gasteiger partial charge in [-0.15, -0.1) is 64.3 Å². The van der Waals surface area contributed by atoms with E-state index < -0.39 is 8.07 Å². The first-order chi connectivity index (χ1) is 33.0. The van der Waals surface area contributed by atoms with Gasteiger partial charge in [-0.2, -0.15) is 0 Å². The first kappa shape index (κ1) is 46.9. The van der Waals surface area contributed by atoms with E-state index in [4.69, 9.17) is 9.40 Å². The third kappa shape index (κ3) is 9.51. The third-order valence-corrected chi connectivity index (χ3v) is 14.6. The fraction of sp³-hybridized carbons (Fsp3) is 0.150. The summed E-state index contributed by atoms with van der Waals surface area (Å²) in [6, 6.07) is 63.7. The van der Waals surface area contributed by atoms with Crippen LogP contribution in [0.15, 0.2) is 181 Å². The van der Waals surface area contributed by atoms with Gasteiger partial charge in [-0.05, 0) is 85.4 Å². The Morgan fingerprint density at radius 3 is 1.81 bits per heavy atom. The van der Waals surface area contributed by atoms with Crippen molar-refractivity contribution in [2.75, 3.05) is 0 Å². The number of aromatic nitrogens is 6. The van der Waals surface area contributed by atoms with Gasteiger partial charge in [0.15, 0.2) is 11.3 Å². The molecule has 1 radical (unpaired) electrons. The average molecular weight is 1090 g/mol. The Kier molecular flexibility index (Phi) is 13.5. The normalized spacial score (nSPS) is 11.6. The van der Waals surface area contributed by atoms with E-state index in [9.17, 15) is 0 Å². The maximum absolute atomic E-state index is 6.77. The summed E-state index contributed by atoms with van der Waals surface area (Å²) in [5.74, 6) is 1.08. The van der Waals surface area contributed by atoms with Crippen molar-refractivity contribution in [2.24, 2.45) is 0 Å². The minimum Gasteiger partial charge on any atom is -0.501 e. The molecule has 0 bridgehead atoms. The van der Waals surface area contributed by atoms with Crippen LogP contribution in [0, 0.1) is 12.1 Å². The summed E-state index contributed by atoms with van der Waals surface area (Å²) in [4.78, 5) is 14.2. The van der Waals surface area contributed by atoms with E-state index in [1.165, 1.54) is 44.9 Å². The van der Waals surface area contributed by atoms with E-state index >= 15 is 0 Å². The predicted molar refractivity (Wildman–Crippen MR) is 282 cm³/mol. The van der Waals surface area contributed by atoms with Crippen molar-refractivity contribution >= 4 is 46.5 Å². The van der Waals surface area contributed by atoms with E-state index in [1.807, 2.05) is 42.6 Å². The van der Waals surface area contributed by atoms with Crippen LogP contribution in [0.2, 0.25) is 19.6 Å². The van der Waals surface area contributed by atoms with Gasteiger partial charge < -0.3 is 14.0 Å². The number of rotatable bonds is 9. The monoisotopic (exact) mass is 1090 g/mol. The Bertz CT molecular complexity index is 3500. The number of furan rings is 1. The summed E-state index contributed by atoms with van der Waals surface area (Å²) in [6.45, 7) is 15.9. The molecule has 9 heteroatoms. The molecule has 0 N–H and O–H groups in total. The van der Waals surface area contributed by atoms with Crippen LogP contribution in [0.5, 0.6) is 0 Å². The summed E-state index contributed by atoms with van der Waals surface area (Å²) < 4.78 is 8.90. The molecule has 4 aromatic heterocycles. The van der Waals surface area contributed by atoms with Crippen molar-refractivity contribution in [3.63, 3.8) is 0 Å². The fourth-order valence-corrected chi connectivity index (χ4v) is 9.89. The molecule has 7 nitrogen and oxygen atoms in total. The molecule has 343 valence electrons. The third-order valence-electron chi connectivity index (χ3n) is 12.6. The van der Waals surface area contributed by atoms with Crippen molar-refractivity contribution < 1.29 is 24.5 Å². The molecule has 0 fully saturated rings. The van der Waals surface area contributed by atoms with Crippen LogP contribution in [0.3, 0.4) is 0 Å². The molecule has 0 spiro atoms. The standard InChI is InChI=1S/C46H36N5O.C14H16NSi.Ir/c1-28(2)39-24-35(31-14-9-6-10-15-31)25-40(29(3)4)42(39)51-45(49-44-46(51)50-48-27-47-44)38-17-11-16-37-36-23-22-34(26-41(36)52-43(37)38)33-20-18-32(19-21-33)30-12-7-5-8-13-30;1-16(2,3)13-9-10-14(15-11-13)12-7-5-4-6-8-12;/h5-16,18-29H,1-4H3;4-7,9-11H,1-3H3;/q2*-1;. The van der Waals surface area contributed by atoms with E-state index in [0.29, 0.717) is 17.1 Å². The van der Waals surface area contributed by atoms with Gasteiger partial charge in [-0.1, -0.05) is 167 Å². The molecule has 7 aromatic carbocycles. The number of fused-ring (bicyclic) bond motifs is 4. The molecule has 0 aliphatic rings. The molecule has 0 saturated carbocycles. The van der Waals surface area contributed by atoms with Crippen molar-refractivity contribution in [1.29, 1.82) is 0 Å². The van der Waals surface area contributed by atoms with Gasteiger partial charge >= 0.3 is 0 Å². The van der Waals surface area contributed by atoms with Crippen molar-refractivity contribution in [2.45, 2.75) is 59.2 Å². The predicted octanol–water partition coefficient (Wildman–Crippen LogP) is 14.9. The van der Waals surface area contributed by atoms with E-state index in [0.717, 1.165) is 55.6 Å². The van der Waals surface area contributed by atoms with Crippen LogP contribution in [0.4, 0.5) is 0 Å². The molecule has 11 aromatic rings. The second-order valence-electron chi connectivity index (χ2n) is 18.9. The van der Waals surface area contributed by atoms with Gasteiger partial charge in [0.25, 0.3) is 0 Å². The maximum atomic E-state index is 6.77. The number of hydrogen-bond acceptors (Lipinski definition) is 6. The van der Waals surface area contributed by atoms with Crippen LogP contribution in [-0.4, -0.2) is 37.8 Å². The van der Waals surface area contributed by atoms with E-state index in [1.54, 1.807) is 0 Å². The quantitative estimate of drug-likeness (QED) is 0.106. The fourth-order valence-electron chi connectivity index (χ4n) is 8.86. The Morgan fingerprint density at radius 2 is 1.20 bits per heavy atom. The zero-order chi connectivity index (χ0) is 46.9. The summed E-state index contributed by atoms with van der Waals surface area (Å²) in [6.07, 6.45) is 3.47. The molecule has 11 rings (SSSR count). The first-order valence-corrected chi connectivity index (χ1v) is 26.8. The number of imidazole rings is 1. The van der Waals surface area contributed by atoms with Crippen LogP contribution in [0.25, 0.3) is 94.9 Å². The summed E-state index contributed by atoms with van der Waals surface area (Å²) in [7, 11) is -1.23. The van der Waals surface area contributed by atoms with Crippen molar-refractivity contribution in [3.8, 4) is 61.7 Å². The van der Waals surface area contributed by atoms with Crippen LogP contribution < -0.4 is 5.19 Å². The van der Waals surface area contributed by atoms with Gasteiger partial charge in [0, 0.05) is 37.4 Å². The molecule has 69 heavy (non-hydrogen) atoms. The minimum absolute atomic E-state index is 0. The van der Waals surface area contributed by atoms with E-state index in [-0.39, 0.29) is 31.9 Å². The number of nitrogens with zero attached hydrogens (tertiary/aromatic N) is 6. The molecule has 0 atom stereocenters. The Balaban J connectivity index is 0.000000296. The molecule has 0 saturated heterocycles. The van der Waals surface area contributed by atoms with E-state index in [2.05, 4.69) is 212 Å². The molecule has 0 aliphatic carbocycles. The Labute approximate surface area is 418 Å². The summed E-state index contributed by atoms with van der Waals surface area (Å²) in [5, 5.41) is 12.3. The summed E-state index contributed by atoms with van der Waals surface area (Å²) in [5.41, 5.74) is 15.8. The van der Waals surface area contributed by atoms with Crippen molar-refractivity contribution in [1.82, 2.24) is 29.7 Å². The second-order valence-corrected chi connectivity index (χ2v) is 23.9. The first-order valence-electron chi connectivity index (χ1n) is 23.3. The number of benzene rings is 7. The van der Waals surface area contributed by atoms with Gasteiger partial charge in [-0.3, -0.25) is 4.98 Å². The van der Waals surface area contributed by atoms with Gasteiger partial charge in [0.2, 0.25) is 0 Å². The van der Waals surface area contributed by atoms with Crippen molar-refractivity contribution in [3.05, 3.63) is 200 Å². The van der Waals surface area contributed by atoms with Gasteiger partial charge in [0.05, 0.1) is 19.5 Å². The maximum Gasteiger partial charge on any atom is 0.197 e. The number of pyridine rings is 1. The zero-order valence-corrected chi connectivity index (χ0v) is 43.2. The SMILES string of the molecule is CC(C)c1cc(-c2ccccc2)cc(C(C)C)c1-n1c(-c2[c-]ccc3c2oc2cc(-c4ccc(-c5ccccc5)cc4)ccc23)nc2ncnnc21.C[Si](C)(C)c1ccc(-c2[c-]cccc2)nc1.[Ir]. The van der Waals surface area contributed by atoms with Crippen LogP contribution in [0.1, 0.15) is 50.7 Å². The minimum atomic E-state index is -1.23. The topological polar surface area (TPSA) is 82.5 Å². The van der Waals surface area contributed by atoms with Crippen LogP contribution in [-0.2, 0) is 20.1 Å². The largest absolute Gasteiger partial charge is 0.501 e. The second kappa shape index (κ2) is 19.8. The molecule has 4 heterocycles. The van der Waals surface area contributed by atoms with Gasteiger partial charge in [0.1, 0.15) is 11.9 Å². The molecule has 0 amide bonds. The molecular weight excluding hydrogens is 1040 g/mol. The Hall–Kier alpha value is -7.16. The smallest absolute Gasteiger partial charge is 0.197 e. The zero-order valence-electron chi connectivity index (χ0n) is 39.8. The average Bonchev–Trinajstić information content (AvgIpc) is 3.95. The summed E-state index contributed by atoms with van der Waals surface area (Å²) >= 11 is 0. The molecular formula is C60H52IrN6OSi-2. The van der Waals surface area contributed by atoms with Gasteiger partial charge in [-0.25, -0.2) is 4.98 Å². The molecule has 0 unspecified atom stereocenters. The number of hydrogen-bond donors (Lipinski definition) is 0. The molecule has 0 aliphatic heterocycles. The van der Waals surface area contributed by atoms with Crippen LogP contribution >= 0.6 is 0 Å². The Morgan fingerprint density at radius 1 is 0.580 bits per heavy atom.